The van der Waals surface area contributed by atoms with Crippen LogP contribution in [-0.4, -0.2) is 31.4 Å². The van der Waals surface area contributed by atoms with Crippen molar-refractivity contribution in [2.75, 3.05) is 14.2 Å². The lowest BCUT2D eigenvalue weighted by molar-refractivity contribution is -0.120. The van der Waals surface area contributed by atoms with E-state index in [-0.39, 0.29) is 18.1 Å². The summed E-state index contributed by atoms with van der Waals surface area (Å²) in [6, 6.07) is 16.4. The summed E-state index contributed by atoms with van der Waals surface area (Å²) in [5.74, 6) is 0.989. The standard InChI is InChI=1S/C21H20N2O4/c1-26-19-10-7-14(11-20(19)27-2)12-21(25)23-22-13-17-16-6-4-3-5-15(16)8-9-18(17)24/h3-11,13,24H,12H2,1-2H3,(H,23,25). The second-order valence-corrected chi connectivity index (χ2v) is 5.88. The summed E-state index contributed by atoms with van der Waals surface area (Å²) in [5.41, 5.74) is 3.81. The van der Waals surface area contributed by atoms with E-state index in [1.807, 2.05) is 30.3 Å². The van der Waals surface area contributed by atoms with E-state index in [0.29, 0.717) is 17.1 Å². The van der Waals surface area contributed by atoms with E-state index in [4.69, 9.17) is 9.47 Å². The maximum Gasteiger partial charge on any atom is 0.244 e. The van der Waals surface area contributed by atoms with Crippen LogP contribution in [0.1, 0.15) is 11.1 Å². The molecule has 0 radical (unpaired) electrons. The fraction of sp³-hybridized carbons (Fsp3) is 0.143. The topological polar surface area (TPSA) is 80.2 Å². The number of ether oxygens (including phenoxy) is 2. The van der Waals surface area contributed by atoms with Crippen LogP contribution in [0.3, 0.4) is 0 Å². The van der Waals surface area contributed by atoms with E-state index in [0.717, 1.165) is 16.3 Å². The average Bonchev–Trinajstić information content (AvgIpc) is 2.69. The zero-order valence-electron chi connectivity index (χ0n) is 15.1. The highest BCUT2D eigenvalue weighted by atomic mass is 16.5. The van der Waals surface area contributed by atoms with Gasteiger partial charge in [0.2, 0.25) is 5.91 Å². The molecule has 1 amide bonds. The molecule has 0 aliphatic carbocycles. The maximum atomic E-state index is 12.1. The lowest BCUT2D eigenvalue weighted by atomic mass is 10.0. The lowest BCUT2D eigenvalue weighted by Crippen LogP contribution is -2.19. The molecule has 6 nitrogen and oxygen atoms in total. The normalized spacial score (nSPS) is 10.9. The van der Waals surface area contributed by atoms with E-state index in [1.54, 1.807) is 38.5 Å². The number of fused-ring (bicyclic) bond motifs is 1. The summed E-state index contributed by atoms with van der Waals surface area (Å²) in [6.07, 6.45) is 1.59. The number of amides is 1. The molecule has 3 rings (SSSR count). The molecule has 0 saturated carbocycles. The van der Waals surface area contributed by atoms with Gasteiger partial charge in [0.25, 0.3) is 0 Å². The zero-order valence-corrected chi connectivity index (χ0v) is 15.1. The predicted octanol–water partition coefficient (Wildman–Crippen LogP) is 3.26. The molecular weight excluding hydrogens is 344 g/mol. The van der Waals surface area contributed by atoms with E-state index in [2.05, 4.69) is 10.5 Å². The van der Waals surface area contributed by atoms with Gasteiger partial charge in [-0.05, 0) is 34.5 Å². The summed E-state index contributed by atoms with van der Waals surface area (Å²) in [7, 11) is 3.10. The summed E-state index contributed by atoms with van der Waals surface area (Å²) in [5, 5.41) is 15.9. The van der Waals surface area contributed by atoms with E-state index in [1.165, 1.54) is 6.21 Å². The average molecular weight is 364 g/mol. The Morgan fingerprint density at radius 3 is 2.63 bits per heavy atom. The molecule has 0 aliphatic rings. The van der Waals surface area contributed by atoms with Crippen molar-refractivity contribution in [2.45, 2.75) is 6.42 Å². The first-order valence-electron chi connectivity index (χ1n) is 8.36. The number of hydrazone groups is 1. The van der Waals surface area contributed by atoms with Gasteiger partial charge in [-0.25, -0.2) is 5.43 Å². The fourth-order valence-electron chi connectivity index (χ4n) is 2.80. The maximum absolute atomic E-state index is 12.1. The Bertz CT molecular complexity index is 999. The number of benzene rings is 3. The summed E-state index contributed by atoms with van der Waals surface area (Å²) < 4.78 is 10.4. The minimum Gasteiger partial charge on any atom is -0.507 e. The van der Waals surface area contributed by atoms with Gasteiger partial charge < -0.3 is 14.6 Å². The Balaban J connectivity index is 1.70. The SMILES string of the molecule is COc1ccc(CC(=O)NN=Cc2c(O)ccc3ccccc23)cc1OC. The van der Waals surface area contributed by atoms with Crippen LogP contribution < -0.4 is 14.9 Å². The Morgan fingerprint density at radius 1 is 1.07 bits per heavy atom. The number of carbonyl (C=O) groups is 1. The first kappa shape index (κ1) is 18.3. The summed E-state index contributed by atoms with van der Waals surface area (Å²) >= 11 is 0. The van der Waals surface area contributed by atoms with Crippen molar-refractivity contribution in [1.29, 1.82) is 0 Å². The lowest BCUT2D eigenvalue weighted by Gasteiger charge is -2.09. The molecule has 0 unspecified atom stereocenters. The Labute approximate surface area is 157 Å². The van der Waals surface area contributed by atoms with Crippen LogP contribution in [0.5, 0.6) is 17.2 Å². The Hall–Kier alpha value is -3.54. The third-order valence-corrected chi connectivity index (χ3v) is 4.14. The highest BCUT2D eigenvalue weighted by Crippen LogP contribution is 2.28. The first-order valence-corrected chi connectivity index (χ1v) is 8.36. The van der Waals surface area contributed by atoms with Crippen LogP contribution in [0.4, 0.5) is 0 Å². The molecule has 138 valence electrons. The van der Waals surface area contributed by atoms with Crippen molar-refractivity contribution >= 4 is 22.9 Å². The number of hydrogen-bond acceptors (Lipinski definition) is 5. The van der Waals surface area contributed by atoms with Gasteiger partial charge in [-0.2, -0.15) is 5.10 Å². The largest absolute Gasteiger partial charge is 0.507 e. The van der Waals surface area contributed by atoms with Gasteiger partial charge in [-0.1, -0.05) is 36.4 Å². The molecule has 27 heavy (non-hydrogen) atoms. The summed E-state index contributed by atoms with van der Waals surface area (Å²) in [4.78, 5) is 12.1. The van der Waals surface area contributed by atoms with Gasteiger partial charge in [0.05, 0.1) is 26.9 Å². The van der Waals surface area contributed by atoms with E-state index < -0.39 is 0 Å². The van der Waals surface area contributed by atoms with Crippen LogP contribution >= 0.6 is 0 Å². The van der Waals surface area contributed by atoms with Gasteiger partial charge >= 0.3 is 0 Å². The number of carbonyl (C=O) groups excluding carboxylic acids is 1. The molecule has 2 N–H and O–H groups in total. The fourth-order valence-corrected chi connectivity index (χ4v) is 2.80. The number of aromatic hydroxyl groups is 1. The van der Waals surface area contributed by atoms with Crippen LogP contribution in [0.25, 0.3) is 10.8 Å². The van der Waals surface area contributed by atoms with E-state index >= 15 is 0 Å². The van der Waals surface area contributed by atoms with Crippen molar-refractivity contribution < 1.29 is 19.4 Å². The summed E-state index contributed by atoms with van der Waals surface area (Å²) in [6.45, 7) is 0. The predicted molar refractivity (Wildman–Crippen MR) is 105 cm³/mol. The van der Waals surface area contributed by atoms with Crippen molar-refractivity contribution in [1.82, 2.24) is 5.43 Å². The highest BCUT2D eigenvalue weighted by Gasteiger charge is 2.08. The molecular formula is C21H20N2O4. The highest BCUT2D eigenvalue weighted by molar-refractivity contribution is 6.02. The number of methoxy groups -OCH3 is 2. The Kier molecular flexibility index (Phi) is 5.56. The monoisotopic (exact) mass is 364 g/mol. The molecule has 0 bridgehead atoms. The van der Waals surface area contributed by atoms with Crippen LogP contribution in [0.15, 0.2) is 59.7 Å². The molecule has 3 aromatic rings. The molecule has 0 fully saturated rings. The second kappa shape index (κ2) is 8.23. The van der Waals surface area contributed by atoms with Crippen molar-refractivity contribution in [3.05, 3.63) is 65.7 Å². The zero-order chi connectivity index (χ0) is 19.2. The number of hydrogen-bond donors (Lipinski definition) is 2. The van der Waals surface area contributed by atoms with Gasteiger partial charge in [0, 0.05) is 5.56 Å². The molecule has 0 heterocycles. The number of phenols is 1. The second-order valence-electron chi connectivity index (χ2n) is 5.88. The molecule has 0 atom stereocenters. The van der Waals surface area contributed by atoms with E-state index in [9.17, 15) is 9.90 Å². The molecule has 0 spiro atoms. The molecule has 3 aromatic carbocycles. The molecule has 6 heteroatoms. The van der Waals surface area contributed by atoms with Crippen molar-refractivity contribution in [2.24, 2.45) is 5.10 Å². The van der Waals surface area contributed by atoms with Crippen molar-refractivity contribution in [3.63, 3.8) is 0 Å². The van der Waals surface area contributed by atoms with Crippen molar-refractivity contribution in [3.8, 4) is 17.2 Å². The first-order chi connectivity index (χ1) is 13.1. The Morgan fingerprint density at radius 2 is 1.85 bits per heavy atom. The third-order valence-electron chi connectivity index (χ3n) is 4.14. The minimum absolute atomic E-state index is 0.103. The minimum atomic E-state index is -0.279. The number of nitrogens with one attached hydrogen (secondary N) is 1. The molecule has 0 aliphatic heterocycles. The van der Waals surface area contributed by atoms with Crippen LogP contribution in [-0.2, 0) is 11.2 Å². The van der Waals surface area contributed by atoms with Gasteiger partial charge in [-0.3, -0.25) is 4.79 Å². The van der Waals surface area contributed by atoms with Gasteiger partial charge in [-0.15, -0.1) is 0 Å². The molecule has 0 saturated heterocycles. The van der Waals surface area contributed by atoms with Gasteiger partial charge in [0.1, 0.15) is 5.75 Å². The van der Waals surface area contributed by atoms with Gasteiger partial charge in [0.15, 0.2) is 11.5 Å². The van der Waals surface area contributed by atoms with Crippen LogP contribution in [0.2, 0.25) is 0 Å². The number of phenolic OH excluding ortho intramolecular Hbond substituents is 1. The third kappa shape index (κ3) is 4.17. The molecule has 0 aromatic heterocycles. The smallest absolute Gasteiger partial charge is 0.244 e. The quantitative estimate of drug-likeness (QED) is 0.520. The number of nitrogens with zero attached hydrogens (tertiary/aromatic N) is 1. The van der Waals surface area contributed by atoms with Crippen LogP contribution in [0, 0.1) is 0 Å². The number of rotatable bonds is 6.